The zero-order valence-corrected chi connectivity index (χ0v) is 5.80. The molecule has 52 valence electrons. The fourth-order valence-electron chi connectivity index (χ4n) is 1.09. The lowest BCUT2D eigenvalue weighted by Crippen LogP contribution is -2.21. The molecule has 0 aromatic rings. The first-order valence-corrected chi connectivity index (χ1v) is 3.18. The molecular weight excluding hydrogens is 124 g/mol. The first-order valence-electron chi connectivity index (χ1n) is 3.18. The Labute approximate surface area is 61.0 Å². The summed E-state index contributed by atoms with van der Waals surface area (Å²) in [4.78, 5) is 1.91. The minimum Gasteiger partial charge on any atom is -0.358 e. The van der Waals surface area contributed by atoms with E-state index in [2.05, 4.69) is 12.5 Å². The maximum absolute atomic E-state index is 7.33. The van der Waals surface area contributed by atoms with E-state index in [9.17, 15) is 0 Å². The summed E-state index contributed by atoms with van der Waals surface area (Å²) >= 11 is 0. The second-order valence-electron chi connectivity index (χ2n) is 2.35. The minimum absolute atomic E-state index is 0.0741. The van der Waals surface area contributed by atoms with Gasteiger partial charge in [0, 0.05) is 12.1 Å². The van der Waals surface area contributed by atoms with Crippen molar-refractivity contribution in [3.8, 4) is 12.3 Å². The molecule has 0 amide bonds. The van der Waals surface area contributed by atoms with Crippen LogP contribution in [0, 0.1) is 17.8 Å². The van der Waals surface area contributed by atoms with Crippen LogP contribution in [0.15, 0.2) is 12.8 Å². The Morgan fingerprint density at radius 3 is 3.00 bits per heavy atom. The molecule has 1 rings (SSSR count). The summed E-state index contributed by atoms with van der Waals surface area (Å²) in [7, 11) is 0. The van der Waals surface area contributed by atoms with E-state index in [0.29, 0.717) is 18.7 Å². The molecule has 0 aliphatic carbocycles. The summed E-state index contributed by atoms with van der Waals surface area (Å²) in [5, 5.41) is 7.33. The van der Waals surface area contributed by atoms with Gasteiger partial charge in [-0.2, -0.15) is 0 Å². The fourth-order valence-corrected chi connectivity index (χ4v) is 1.09. The van der Waals surface area contributed by atoms with Gasteiger partial charge in [0.25, 0.3) is 0 Å². The van der Waals surface area contributed by atoms with Crippen LogP contribution in [0.25, 0.3) is 0 Å². The molecule has 0 aromatic heterocycles. The van der Waals surface area contributed by atoms with E-state index in [1.165, 1.54) is 0 Å². The number of nitrogens with zero attached hydrogens (tertiary/aromatic N) is 1. The fraction of sp³-hybridized carbons (Fsp3) is 0.375. The van der Waals surface area contributed by atoms with Crippen LogP contribution in [0.1, 0.15) is 6.42 Å². The molecule has 1 heterocycles. The van der Waals surface area contributed by atoms with E-state index in [4.69, 9.17) is 11.8 Å². The first-order chi connectivity index (χ1) is 4.77. The molecule has 1 atom stereocenters. The van der Waals surface area contributed by atoms with Crippen molar-refractivity contribution < 1.29 is 0 Å². The van der Waals surface area contributed by atoms with Gasteiger partial charge in [-0.3, -0.25) is 0 Å². The quantitative estimate of drug-likeness (QED) is 0.529. The smallest absolute Gasteiger partial charge is 0.0952 e. The number of rotatable bonds is 1. The molecule has 10 heavy (non-hydrogen) atoms. The van der Waals surface area contributed by atoms with Crippen LogP contribution in [-0.2, 0) is 0 Å². The van der Waals surface area contributed by atoms with Gasteiger partial charge >= 0.3 is 0 Å². The van der Waals surface area contributed by atoms with Crippen molar-refractivity contribution >= 4 is 5.71 Å². The van der Waals surface area contributed by atoms with Crippen LogP contribution in [0.3, 0.4) is 0 Å². The highest BCUT2D eigenvalue weighted by Crippen LogP contribution is 2.12. The van der Waals surface area contributed by atoms with Crippen LogP contribution in [0.2, 0.25) is 0 Å². The van der Waals surface area contributed by atoms with Crippen molar-refractivity contribution in [2.75, 3.05) is 6.54 Å². The third-order valence-electron chi connectivity index (χ3n) is 1.64. The summed E-state index contributed by atoms with van der Waals surface area (Å²) in [6, 6.07) is 0.0741. The SMILES string of the molecule is C#CC1CC(=N)CN1C=C. The van der Waals surface area contributed by atoms with Gasteiger partial charge in [0.1, 0.15) is 0 Å². The van der Waals surface area contributed by atoms with Gasteiger partial charge in [0.05, 0.1) is 12.6 Å². The molecule has 2 nitrogen and oxygen atoms in total. The van der Waals surface area contributed by atoms with E-state index >= 15 is 0 Å². The first kappa shape index (κ1) is 6.88. The van der Waals surface area contributed by atoms with Gasteiger partial charge in [0.2, 0.25) is 0 Å². The highest BCUT2D eigenvalue weighted by atomic mass is 15.2. The molecule has 1 aliphatic heterocycles. The molecule has 0 bridgehead atoms. The van der Waals surface area contributed by atoms with E-state index < -0.39 is 0 Å². The third kappa shape index (κ3) is 1.03. The Kier molecular flexibility index (Phi) is 1.77. The van der Waals surface area contributed by atoms with Crippen LogP contribution in [0.4, 0.5) is 0 Å². The summed E-state index contributed by atoms with van der Waals surface area (Å²) < 4.78 is 0. The average molecular weight is 134 g/mol. The number of hydrogen-bond acceptors (Lipinski definition) is 2. The third-order valence-corrected chi connectivity index (χ3v) is 1.64. The Bertz CT molecular complexity index is 200. The maximum atomic E-state index is 7.33. The average Bonchev–Trinajstić information content (AvgIpc) is 2.30. The van der Waals surface area contributed by atoms with Crippen molar-refractivity contribution in [1.29, 1.82) is 5.41 Å². The Morgan fingerprint density at radius 1 is 1.90 bits per heavy atom. The van der Waals surface area contributed by atoms with Crippen molar-refractivity contribution in [2.45, 2.75) is 12.5 Å². The topological polar surface area (TPSA) is 27.1 Å². The summed E-state index contributed by atoms with van der Waals surface area (Å²) in [6.45, 7) is 4.26. The Hall–Kier alpha value is -1.23. The second-order valence-corrected chi connectivity index (χ2v) is 2.35. The predicted octanol–water partition coefficient (Wildman–Crippen LogP) is 0.857. The summed E-state index contributed by atoms with van der Waals surface area (Å²) in [5.41, 5.74) is 0.697. The molecule has 0 radical (unpaired) electrons. The maximum Gasteiger partial charge on any atom is 0.0952 e. The van der Waals surface area contributed by atoms with Crippen molar-refractivity contribution in [2.24, 2.45) is 0 Å². The van der Waals surface area contributed by atoms with Gasteiger partial charge in [-0.25, -0.2) is 0 Å². The minimum atomic E-state index is 0.0741. The molecule has 1 saturated heterocycles. The second kappa shape index (κ2) is 2.57. The van der Waals surface area contributed by atoms with Gasteiger partial charge in [-0.1, -0.05) is 12.5 Å². The highest BCUT2D eigenvalue weighted by Gasteiger charge is 2.22. The Balaban J connectivity index is 2.68. The molecular formula is C8H10N2. The largest absolute Gasteiger partial charge is 0.358 e. The van der Waals surface area contributed by atoms with Crippen LogP contribution < -0.4 is 0 Å². The van der Waals surface area contributed by atoms with Gasteiger partial charge in [0.15, 0.2) is 0 Å². The number of likely N-dealkylation sites (tertiary alicyclic amines) is 1. The molecule has 1 aliphatic rings. The number of hydrogen-bond donors (Lipinski definition) is 1. The van der Waals surface area contributed by atoms with Gasteiger partial charge in [-0.15, -0.1) is 6.42 Å². The number of terminal acetylenes is 1. The highest BCUT2D eigenvalue weighted by molar-refractivity contribution is 5.86. The molecule has 0 aromatic carbocycles. The zero-order chi connectivity index (χ0) is 7.56. The van der Waals surface area contributed by atoms with E-state index in [1.54, 1.807) is 6.20 Å². The summed E-state index contributed by atoms with van der Waals surface area (Å²) in [6.07, 6.45) is 7.62. The van der Waals surface area contributed by atoms with Crippen LogP contribution >= 0.6 is 0 Å². The van der Waals surface area contributed by atoms with E-state index in [0.717, 1.165) is 0 Å². The van der Waals surface area contributed by atoms with Gasteiger partial charge in [-0.05, 0) is 6.20 Å². The lowest BCUT2D eigenvalue weighted by molar-refractivity contribution is 0.417. The van der Waals surface area contributed by atoms with E-state index in [1.807, 2.05) is 4.90 Å². The van der Waals surface area contributed by atoms with Crippen molar-refractivity contribution in [3.63, 3.8) is 0 Å². The van der Waals surface area contributed by atoms with Crippen LogP contribution in [-0.4, -0.2) is 23.2 Å². The lowest BCUT2D eigenvalue weighted by Gasteiger charge is -2.15. The molecule has 0 saturated carbocycles. The molecule has 1 unspecified atom stereocenters. The molecule has 1 N–H and O–H groups in total. The van der Waals surface area contributed by atoms with Crippen molar-refractivity contribution in [1.82, 2.24) is 4.90 Å². The Morgan fingerprint density at radius 2 is 2.60 bits per heavy atom. The summed E-state index contributed by atoms with van der Waals surface area (Å²) in [5.74, 6) is 2.61. The standard InChI is InChI=1S/C8H10N2/c1-3-8-5-7(9)6-10(8)4-2/h1,4,8-9H,2,5-6H2. The molecule has 1 fully saturated rings. The zero-order valence-electron chi connectivity index (χ0n) is 5.80. The van der Waals surface area contributed by atoms with Gasteiger partial charge < -0.3 is 10.3 Å². The molecule has 0 spiro atoms. The van der Waals surface area contributed by atoms with Crippen molar-refractivity contribution in [3.05, 3.63) is 12.8 Å². The monoisotopic (exact) mass is 134 g/mol. The normalized spacial score (nSPS) is 24.5. The lowest BCUT2D eigenvalue weighted by atomic mass is 10.2. The van der Waals surface area contributed by atoms with Crippen LogP contribution in [0.5, 0.6) is 0 Å². The molecule has 2 heteroatoms. The van der Waals surface area contributed by atoms with E-state index in [-0.39, 0.29) is 6.04 Å². The number of nitrogens with one attached hydrogen (secondary N) is 1. The predicted molar refractivity (Wildman–Crippen MR) is 41.9 cm³/mol.